The molecule has 1 fully saturated rings. The van der Waals surface area contributed by atoms with Crippen LogP contribution in [0.15, 0.2) is 12.4 Å². The van der Waals surface area contributed by atoms with Crippen LogP contribution in [-0.2, 0) is 0 Å². The maximum absolute atomic E-state index is 12.4. The van der Waals surface area contributed by atoms with Crippen molar-refractivity contribution < 1.29 is 4.79 Å². The third-order valence-electron chi connectivity index (χ3n) is 4.17. The highest BCUT2D eigenvalue weighted by atomic mass is 16.1. The molecule has 2 unspecified atom stereocenters. The standard InChI is InChI=1S/C16H26N4O/c1-3-9-18-15-11-17-10-14(19-15)16(21)20-13-8-6-5-7-12(13)4-2/h10-13H,3-9H2,1-2H3,(H,18,19)(H,20,21). The fourth-order valence-electron chi connectivity index (χ4n) is 2.94. The van der Waals surface area contributed by atoms with Crippen molar-refractivity contribution in [3.8, 4) is 0 Å². The van der Waals surface area contributed by atoms with E-state index in [-0.39, 0.29) is 11.9 Å². The maximum atomic E-state index is 12.4. The normalized spacial score (nSPS) is 21.8. The Kier molecular flexibility index (Phi) is 5.96. The fraction of sp³-hybridized carbons (Fsp3) is 0.688. The summed E-state index contributed by atoms with van der Waals surface area (Å²) in [5, 5.41) is 6.31. The minimum atomic E-state index is -0.104. The predicted octanol–water partition coefficient (Wildman–Crippen LogP) is 3.00. The van der Waals surface area contributed by atoms with Crippen LogP contribution in [0.5, 0.6) is 0 Å². The van der Waals surface area contributed by atoms with Crippen molar-refractivity contribution in [3.05, 3.63) is 18.1 Å². The van der Waals surface area contributed by atoms with Crippen molar-refractivity contribution >= 4 is 11.7 Å². The molecule has 2 N–H and O–H groups in total. The van der Waals surface area contributed by atoms with Crippen LogP contribution < -0.4 is 10.6 Å². The Morgan fingerprint density at radius 1 is 1.29 bits per heavy atom. The lowest BCUT2D eigenvalue weighted by Crippen LogP contribution is -2.42. The molecule has 1 aliphatic carbocycles. The fourth-order valence-corrected chi connectivity index (χ4v) is 2.94. The Hall–Kier alpha value is -1.65. The molecule has 1 aliphatic rings. The molecule has 0 aliphatic heterocycles. The second-order valence-corrected chi connectivity index (χ2v) is 5.75. The first kappa shape index (κ1) is 15.7. The van der Waals surface area contributed by atoms with Crippen LogP contribution >= 0.6 is 0 Å². The molecule has 1 aromatic rings. The predicted molar refractivity (Wildman–Crippen MR) is 84.3 cm³/mol. The van der Waals surface area contributed by atoms with Crippen molar-refractivity contribution in [1.82, 2.24) is 15.3 Å². The summed E-state index contributed by atoms with van der Waals surface area (Å²) in [6.07, 6.45) is 10.1. The van der Waals surface area contributed by atoms with E-state index in [2.05, 4.69) is 34.4 Å². The summed E-state index contributed by atoms with van der Waals surface area (Å²) in [7, 11) is 0. The molecule has 0 bridgehead atoms. The SMILES string of the molecule is CCCNc1cncc(C(=O)NC2CCCCC2CC)n1. The molecule has 0 radical (unpaired) electrons. The zero-order valence-electron chi connectivity index (χ0n) is 13.1. The second-order valence-electron chi connectivity index (χ2n) is 5.75. The van der Waals surface area contributed by atoms with Gasteiger partial charge in [-0.1, -0.05) is 33.1 Å². The number of amides is 1. The third-order valence-corrected chi connectivity index (χ3v) is 4.17. The van der Waals surface area contributed by atoms with Gasteiger partial charge in [0.2, 0.25) is 0 Å². The van der Waals surface area contributed by atoms with Gasteiger partial charge in [-0.15, -0.1) is 0 Å². The molecule has 0 saturated heterocycles. The highest BCUT2D eigenvalue weighted by Gasteiger charge is 2.25. The van der Waals surface area contributed by atoms with Gasteiger partial charge in [-0.2, -0.15) is 0 Å². The summed E-state index contributed by atoms with van der Waals surface area (Å²) in [6.45, 7) is 5.12. The van der Waals surface area contributed by atoms with Crippen LogP contribution in [0.1, 0.15) is 62.9 Å². The summed E-state index contributed by atoms with van der Waals surface area (Å²) >= 11 is 0. The van der Waals surface area contributed by atoms with Crippen molar-refractivity contribution in [2.45, 2.75) is 58.4 Å². The molecule has 2 rings (SSSR count). The monoisotopic (exact) mass is 290 g/mol. The number of rotatable bonds is 6. The Bertz CT molecular complexity index is 463. The highest BCUT2D eigenvalue weighted by Crippen LogP contribution is 2.26. The number of nitrogens with one attached hydrogen (secondary N) is 2. The molecular weight excluding hydrogens is 264 g/mol. The summed E-state index contributed by atoms with van der Waals surface area (Å²) < 4.78 is 0. The Balaban J connectivity index is 1.98. The Labute approximate surface area is 127 Å². The molecule has 0 spiro atoms. The Morgan fingerprint density at radius 2 is 2.10 bits per heavy atom. The van der Waals surface area contributed by atoms with E-state index in [9.17, 15) is 4.79 Å². The van der Waals surface area contributed by atoms with Gasteiger partial charge in [-0.25, -0.2) is 4.98 Å². The minimum absolute atomic E-state index is 0.104. The van der Waals surface area contributed by atoms with E-state index in [1.165, 1.54) is 25.5 Å². The molecule has 1 heterocycles. The largest absolute Gasteiger partial charge is 0.369 e. The van der Waals surface area contributed by atoms with Crippen LogP contribution in [0.4, 0.5) is 5.82 Å². The zero-order chi connectivity index (χ0) is 15.1. The van der Waals surface area contributed by atoms with Gasteiger partial charge in [0.1, 0.15) is 11.5 Å². The molecule has 21 heavy (non-hydrogen) atoms. The van der Waals surface area contributed by atoms with Gasteiger partial charge < -0.3 is 10.6 Å². The quantitative estimate of drug-likeness (QED) is 0.845. The summed E-state index contributed by atoms with van der Waals surface area (Å²) in [6, 6.07) is 0.283. The first-order valence-corrected chi connectivity index (χ1v) is 8.11. The van der Waals surface area contributed by atoms with Crippen molar-refractivity contribution in [3.63, 3.8) is 0 Å². The number of carbonyl (C=O) groups excluding carboxylic acids is 1. The van der Waals surface area contributed by atoms with Gasteiger partial charge in [-0.3, -0.25) is 9.78 Å². The van der Waals surface area contributed by atoms with Crippen molar-refractivity contribution in [1.29, 1.82) is 0 Å². The Morgan fingerprint density at radius 3 is 2.86 bits per heavy atom. The number of hydrogen-bond acceptors (Lipinski definition) is 4. The van der Waals surface area contributed by atoms with Gasteiger partial charge in [0, 0.05) is 12.6 Å². The minimum Gasteiger partial charge on any atom is -0.369 e. The van der Waals surface area contributed by atoms with Crippen LogP contribution in [0.2, 0.25) is 0 Å². The van der Waals surface area contributed by atoms with Crippen LogP contribution in [0, 0.1) is 5.92 Å². The summed E-state index contributed by atoms with van der Waals surface area (Å²) in [5.41, 5.74) is 0.400. The smallest absolute Gasteiger partial charge is 0.271 e. The lowest BCUT2D eigenvalue weighted by molar-refractivity contribution is 0.0899. The average Bonchev–Trinajstić information content (AvgIpc) is 2.53. The molecule has 1 aromatic heterocycles. The van der Waals surface area contributed by atoms with Crippen molar-refractivity contribution in [2.24, 2.45) is 5.92 Å². The van der Waals surface area contributed by atoms with Crippen molar-refractivity contribution in [2.75, 3.05) is 11.9 Å². The maximum Gasteiger partial charge on any atom is 0.271 e. The van der Waals surface area contributed by atoms with E-state index in [4.69, 9.17) is 0 Å². The third kappa shape index (κ3) is 4.41. The molecular formula is C16H26N4O. The molecule has 1 saturated carbocycles. The van der Waals surface area contributed by atoms with E-state index in [0.29, 0.717) is 17.4 Å². The van der Waals surface area contributed by atoms with Gasteiger partial charge in [-0.05, 0) is 25.2 Å². The lowest BCUT2D eigenvalue weighted by atomic mass is 9.83. The summed E-state index contributed by atoms with van der Waals surface area (Å²) in [5.74, 6) is 1.16. The lowest BCUT2D eigenvalue weighted by Gasteiger charge is -2.31. The van der Waals surface area contributed by atoms with Crippen LogP contribution in [-0.4, -0.2) is 28.5 Å². The number of carbonyl (C=O) groups is 1. The topological polar surface area (TPSA) is 66.9 Å². The van der Waals surface area contributed by atoms with Crippen LogP contribution in [0.3, 0.4) is 0 Å². The van der Waals surface area contributed by atoms with E-state index in [1.54, 1.807) is 6.20 Å². The van der Waals surface area contributed by atoms with E-state index < -0.39 is 0 Å². The van der Waals surface area contributed by atoms with Crippen LogP contribution in [0.25, 0.3) is 0 Å². The zero-order valence-corrected chi connectivity index (χ0v) is 13.1. The van der Waals surface area contributed by atoms with Gasteiger partial charge in [0.05, 0.1) is 12.4 Å². The van der Waals surface area contributed by atoms with Gasteiger partial charge in [0.25, 0.3) is 5.91 Å². The molecule has 1 amide bonds. The van der Waals surface area contributed by atoms with E-state index in [1.807, 2.05) is 0 Å². The van der Waals surface area contributed by atoms with E-state index >= 15 is 0 Å². The van der Waals surface area contributed by atoms with Gasteiger partial charge in [0.15, 0.2) is 0 Å². The molecule has 116 valence electrons. The summed E-state index contributed by atoms with van der Waals surface area (Å²) in [4.78, 5) is 20.8. The molecule has 5 heteroatoms. The molecule has 0 aromatic carbocycles. The highest BCUT2D eigenvalue weighted by molar-refractivity contribution is 5.92. The number of hydrogen-bond donors (Lipinski definition) is 2. The second kappa shape index (κ2) is 7.96. The number of aromatic nitrogens is 2. The first-order valence-electron chi connectivity index (χ1n) is 8.11. The van der Waals surface area contributed by atoms with E-state index in [0.717, 1.165) is 25.8 Å². The molecule has 2 atom stereocenters. The van der Waals surface area contributed by atoms with Gasteiger partial charge >= 0.3 is 0 Å². The molecule has 5 nitrogen and oxygen atoms in total. The average molecular weight is 290 g/mol. The first-order chi connectivity index (χ1) is 10.2. The number of anilines is 1. The number of nitrogens with zero attached hydrogens (tertiary/aromatic N) is 2.